The van der Waals surface area contributed by atoms with Crippen LogP contribution in [0.25, 0.3) is 5.57 Å². The Morgan fingerprint density at radius 3 is 2.92 bits per heavy atom. The van der Waals surface area contributed by atoms with Crippen LogP contribution in [0.5, 0.6) is 0 Å². The predicted molar refractivity (Wildman–Crippen MR) is 49.1 cm³/mol. The molecule has 2 rings (SSSR count). The fourth-order valence-corrected chi connectivity index (χ4v) is 1.38. The molecule has 1 aromatic rings. The number of amides is 1. The largest absolute Gasteiger partial charge is 0.321 e. The van der Waals surface area contributed by atoms with Gasteiger partial charge in [-0.25, -0.2) is 0 Å². The quantitative estimate of drug-likeness (QED) is 0.609. The van der Waals surface area contributed by atoms with Crippen LogP contribution in [0.15, 0.2) is 24.8 Å². The van der Waals surface area contributed by atoms with E-state index in [9.17, 15) is 4.79 Å². The van der Waals surface area contributed by atoms with Gasteiger partial charge in [-0.1, -0.05) is 24.2 Å². The minimum atomic E-state index is -0.146. The number of fused-ring (bicyclic) bond motifs is 1. The lowest BCUT2D eigenvalue weighted by molar-refractivity contribution is -0.110. The molecule has 0 unspecified atom stereocenters. The van der Waals surface area contributed by atoms with Crippen molar-refractivity contribution in [3.63, 3.8) is 0 Å². The first kappa shape index (κ1) is 7.37. The lowest BCUT2D eigenvalue weighted by atomic mass is 10.1. The third kappa shape index (κ3) is 0.924. The molecule has 0 spiro atoms. The third-order valence-electron chi connectivity index (χ3n) is 1.83. The average molecular weight is 180 g/mol. The fraction of sp³-hybridized carbons (Fsp3) is 0. The molecule has 3 heteroatoms. The third-order valence-corrected chi connectivity index (χ3v) is 2.06. The Morgan fingerprint density at radius 1 is 1.42 bits per heavy atom. The molecular formula is C9H6ClNO. The van der Waals surface area contributed by atoms with Crippen LogP contribution in [0.1, 0.15) is 5.56 Å². The molecule has 0 aromatic heterocycles. The molecule has 1 aliphatic heterocycles. The first-order valence-corrected chi connectivity index (χ1v) is 3.86. The van der Waals surface area contributed by atoms with Crippen molar-refractivity contribution in [3.8, 4) is 0 Å². The standard InChI is InChI=1S/C9H6ClNO/c1-5-7-3-2-6(10)4-8(7)11-9(5)12/h2-4H,1H2,(H,11,12). The summed E-state index contributed by atoms with van der Waals surface area (Å²) in [7, 11) is 0. The number of carbonyl (C=O) groups is 1. The van der Waals surface area contributed by atoms with Gasteiger partial charge < -0.3 is 5.32 Å². The Balaban J connectivity index is 2.62. The second-order valence-electron chi connectivity index (χ2n) is 2.62. The van der Waals surface area contributed by atoms with Crippen molar-refractivity contribution in [3.05, 3.63) is 35.4 Å². The maximum atomic E-state index is 11.1. The molecule has 1 heterocycles. The van der Waals surface area contributed by atoms with Crippen molar-refractivity contribution in [2.45, 2.75) is 0 Å². The Hall–Kier alpha value is -1.28. The van der Waals surface area contributed by atoms with Crippen molar-refractivity contribution < 1.29 is 4.79 Å². The summed E-state index contributed by atoms with van der Waals surface area (Å²) in [5.74, 6) is -0.146. The number of rotatable bonds is 0. The molecule has 1 aliphatic rings. The normalized spacial score (nSPS) is 14.4. The van der Waals surface area contributed by atoms with Gasteiger partial charge in [-0.2, -0.15) is 0 Å². The molecule has 1 N–H and O–H groups in total. The molecule has 0 bridgehead atoms. The molecule has 0 radical (unpaired) electrons. The summed E-state index contributed by atoms with van der Waals surface area (Å²) in [5.41, 5.74) is 2.09. The van der Waals surface area contributed by atoms with Crippen molar-refractivity contribution in [2.75, 3.05) is 5.32 Å². The summed E-state index contributed by atoms with van der Waals surface area (Å²) in [6.45, 7) is 3.65. The van der Waals surface area contributed by atoms with E-state index in [0.717, 1.165) is 11.3 Å². The SMILES string of the molecule is C=C1C(=O)Nc2cc(Cl)ccc21. The number of carbonyl (C=O) groups excluding carboxylic acids is 1. The topological polar surface area (TPSA) is 29.1 Å². The highest BCUT2D eigenvalue weighted by Crippen LogP contribution is 2.32. The van der Waals surface area contributed by atoms with E-state index in [0.29, 0.717) is 10.6 Å². The van der Waals surface area contributed by atoms with E-state index in [4.69, 9.17) is 11.6 Å². The molecule has 1 aromatic carbocycles. The molecule has 0 saturated carbocycles. The monoisotopic (exact) mass is 179 g/mol. The molecule has 12 heavy (non-hydrogen) atoms. The van der Waals surface area contributed by atoms with Gasteiger partial charge in [0, 0.05) is 16.2 Å². The van der Waals surface area contributed by atoms with Crippen LogP contribution < -0.4 is 5.32 Å². The van der Waals surface area contributed by atoms with Crippen LogP contribution in [0, 0.1) is 0 Å². The van der Waals surface area contributed by atoms with Gasteiger partial charge in [0.05, 0.1) is 5.69 Å². The van der Waals surface area contributed by atoms with E-state index < -0.39 is 0 Å². The Labute approximate surface area is 74.8 Å². The van der Waals surface area contributed by atoms with E-state index in [2.05, 4.69) is 11.9 Å². The van der Waals surface area contributed by atoms with E-state index in [1.165, 1.54) is 0 Å². The highest BCUT2D eigenvalue weighted by atomic mass is 35.5. The van der Waals surface area contributed by atoms with E-state index >= 15 is 0 Å². The summed E-state index contributed by atoms with van der Waals surface area (Å²) in [6.07, 6.45) is 0. The molecule has 0 atom stereocenters. The smallest absolute Gasteiger partial charge is 0.255 e. The van der Waals surface area contributed by atoms with E-state index in [1.807, 2.05) is 0 Å². The highest BCUT2D eigenvalue weighted by molar-refractivity contribution is 6.34. The molecule has 0 fully saturated rings. The average Bonchev–Trinajstić information content (AvgIpc) is 2.28. The van der Waals surface area contributed by atoms with Crippen LogP contribution in [0.2, 0.25) is 5.02 Å². The molecule has 60 valence electrons. The van der Waals surface area contributed by atoms with Gasteiger partial charge in [0.25, 0.3) is 5.91 Å². The fourth-order valence-electron chi connectivity index (χ4n) is 1.20. The summed E-state index contributed by atoms with van der Waals surface area (Å²) < 4.78 is 0. The maximum Gasteiger partial charge on any atom is 0.255 e. The zero-order chi connectivity index (χ0) is 8.72. The number of anilines is 1. The van der Waals surface area contributed by atoms with Crippen molar-refractivity contribution in [1.82, 2.24) is 0 Å². The lowest BCUT2D eigenvalue weighted by Gasteiger charge is -1.96. The first-order chi connectivity index (χ1) is 5.68. The zero-order valence-corrected chi connectivity index (χ0v) is 6.98. The van der Waals surface area contributed by atoms with Gasteiger partial charge in [0.1, 0.15) is 0 Å². The predicted octanol–water partition coefficient (Wildman–Crippen LogP) is 2.31. The second-order valence-corrected chi connectivity index (χ2v) is 3.06. The Bertz CT molecular complexity index is 384. The minimum absolute atomic E-state index is 0.146. The van der Waals surface area contributed by atoms with Gasteiger partial charge in [0.15, 0.2) is 0 Å². The molecule has 0 saturated heterocycles. The summed E-state index contributed by atoms with van der Waals surface area (Å²) in [6, 6.07) is 5.25. The van der Waals surface area contributed by atoms with Crippen molar-refractivity contribution >= 4 is 28.8 Å². The molecule has 0 aliphatic carbocycles. The number of halogens is 1. The summed E-state index contributed by atoms with van der Waals surface area (Å²) >= 11 is 5.74. The number of hydrogen-bond donors (Lipinski definition) is 1. The van der Waals surface area contributed by atoms with Crippen LogP contribution >= 0.6 is 11.6 Å². The van der Waals surface area contributed by atoms with Crippen LogP contribution in [-0.4, -0.2) is 5.91 Å². The Kier molecular flexibility index (Phi) is 1.45. The van der Waals surface area contributed by atoms with Gasteiger partial charge in [-0.15, -0.1) is 0 Å². The minimum Gasteiger partial charge on any atom is -0.321 e. The maximum absolute atomic E-state index is 11.1. The Morgan fingerprint density at radius 2 is 2.17 bits per heavy atom. The second kappa shape index (κ2) is 2.35. The van der Waals surface area contributed by atoms with Gasteiger partial charge in [0.2, 0.25) is 0 Å². The van der Waals surface area contributed by atoms with Gasteiger partial charge in [-0.05, 0) is 12.1 Å². The summed E-state index contributed by atoms with van der Waals surface area (Å²) in [4.78, 5) is 11.1. The van der Waals surface area contributed by atoms with Gasteiger partial charge in [-0.3, -0.25) is 4.79 Å². The van der Waals surface area contributed by atoms with Crippen LogP contribution in [0.4, 0.5) is 5.69 Å². The van der Waals surface area contributed by atoms with Crippen LogP contribution in [-0.2, 0) is 4.79 Å². The van der Waals surface area contributed by atoms with E-state index in [-0.39, 0.29) is 5.91 Å². The number of hydrogen-bond acceptors (Lipinski definition) is 1. The van der Waals surface area contributed by atoms with Crippen molar-refractivity contribution in [1.29, 1.82) is 0 Å². The highest BCUT2D eigenvalue weighted by Gasteiger charge is 2.21. The van der Waals surface area contributed by atoms with Gasteiger partial charge >= 0.3 is 0 Å². The van der Waals surface area contributed by atoms with Crippen molar-refractivity contribution in [2.24, 2.45) is 0 Å². The molecule has 2 nitrogen and oxygen atoms in total. The zero-order valence-electron chi connectivity index (χ0n) is 6.23. The molecule has 1 amide bonds. The first-order valence-electron chi connectivity index (χ1n) is 3.48. The van der Waals surface area contributed by atoms with E-state index in [1.54, 1.807) is 18.2 Å². The number of benzene rings is 1. The number of nitrogens with one attached hydrogen (secondary N) is 1. The lowest BCUT2D eigenvalue weighted by Crippen LogP contribution is -2.02. The molecular weight excluding hydrogens is 174 g/mol. The van der Waals surface area contributed by atoms with Crippen LogP contribution in [0.3, 0.4) is 0 Å². The summed E-state index contributed by atoms with van der Waals surface area (Å²) in [5, 5.41) is 3.28.